The van der Waals surface area contributed by atoms with Crippen LogP contribution in [-0.4, -0.2) is 32.8 Å². The molecule has 2 rings (SSSR count). The predicted molar refractivity (Wildman–Crippen MR) is 80.8 cm³/mol. The zero-order valence-electron chi connectivity index (χ0n) is 12.2. The molecule has 3 nitrogen and oxygen atoms in total. The van der Waals surface area contributed by atoms with E-state index in [1.807, 2.05) is 0 Å². The van der Waals surface area contributed by atoms with E-state index in [0.29, 0.717) is 0 Å². The minimum atomic E-state index is 0.846. The van der Waals surface area contributed by atoms with Gasteiger partial charge in [-0.1, -0.05) is 19.1 Å². The van der Waals surface area contributed by atoms with Crippen LogP contribution in [0.5, 0.6) is 0 Å². The molecule has 1 heterocycles. The highest BCUT2D eigenvalue weighted by Crippen LogP contribution is 2.22. The lowest BCUT2D eigenvalue weighted by Gasteiger charge is -2.24. The quantitative estimate of drug-likeness (QED) is 0.826. The average molecular weight is 262 g/mol. The Kier molecular flexibility index (Phi) is 5.67. The van der Waals surface area contributed by atoms with Gasteiger partial charge in [-0.3, -0.25) is 0 Å². The minimum Gasteiger partial charge on any atom is -0.380 e. The molecular weight excluding hydrogens is 236 g/mol. The Bertz CT molecular complexity index is 384. The molecule has 0 radical (unpaired) electrons. The molecule has 1 aliphatic heterocycles. The number of hydrogen-bond acceptors (Lipinski definition) is 3. The molecule has 0 bridgehead atoms. The summed E-state index contributed by atoms with van der Waals surface area (Å²) in [6, 6.07) is 6.82. The van der Waals surface area contributed by atoms with Crippen LogP contribution in [-0.2, 0) is 11.3 Å². The zero-order valence-corrected chi connectivity index (χ0v) is 12.2. The molecule has 0 amide bonds. The van der Waals surface area contributed by atoms with Gasteiger partial charge in [-0.2, -0.15) is 0 Å². The van der Waals surface area contributed by atoms with Gasteiger partial charge in [0.05, 0.1) is 6.61 Å². The van der Waals surface area contributed by atoms with Crippen molar-refractivity contribution in [1.82, 2.24) is 5.32 Å². The summed E-state index contributed by atoms with van der Waals surface area (Å²) in [6.45, 7) is 10.3. The van der Waals surface area contributed by atoms with Crippen LogP contribution < -0.4 is 10.2 Å². The van der Waals surface area contributed by atoms with Crippen LogP contribution in [0.3, 0.4) is 0 Å². The molecule has 1 N–H and O–H groups in total. The highest BCUT2D eigenvalue weighted by molar-refractivity contribution is 5.54. The third kappa shape index (κ3) is 4.22. The molecule has 19 heavy (non-hydrogen) atoms. The van der Waals surface area contributed by atoms with Crippen molar-refractivity contribution in [2.75, 3.05) is 37.7 Å². The van der Waals surface area contributed by atoms with Gasteiger partial charge in [0.15, 0.2) is 0 Å². The molecule has 0 aliphatic carbocycles. The van der Waals surface area contributed by atoms with E-state index < -0.39 is 0 Å². The van der Waals surface area contributed by atoms with E-state index in [9.17, 15) is 0 Å². The molecule has 1 aromatic carbocycles. The summed E-state index contributed by atoms with van der Waals surface area (Å²) in [7, 11) is 0. The Labute approximate surface area is 116 Å². The Morgan fingerprint density at radius 1 is 1.26 bits per heavy atom. The largest absolute Gasteiger partial charge is 0.380 e. The Hall–Kier alpha value is -1.06. The monoisotopic (exact) mass is 262 g/mol. The van der Waals surface area contributed by atoms with Crippen LogP contribution in [0.4, 0.5) is 5.69 Å². The third-order valence-corrected chi connectivity index (χ3v) is 3.58. The van der Waals surface area contributed by atoms with Gasteiger partial charge in [0.1, 0.15) is 0 Å². The highest BCUT2D eigenvalue weighted by atomic mass is 16.5. The molecular formula is C16H26N2O. The number of aryl methyl sites for hydroxylation is 1. The van der Waals surface area contributed by atoms with Crippen LogP contribution in [0.2, 0.25) is 0 Å². The average Bonchev–Trinajstić information content (AvgIpc) is 2.68. The van der Waals surface area contributed by atoms with Crippen LogP contribution >= 0.6 is 0 Å². The number of nitrogens with one attached hydrogen (secondary N) is 1. The lowest BCUT2D eigenvalue weighted by atomic mass is 10.1. The lowest BCUT2D eigenvalue weighted by Crippen LogP contribution is -2.26. The van der Waals surface area contributed by atoms with Crippen LogP contribution in [0.1, 0.15) is 30.9 Å². The highest BCUT2D eigenvalue weighted by Gasteiger charge is 2.12. The molecule has 3 heteroatoms. The molecule has 1 fully saturated rings. The van der Waals surface area contributed by atoms with Crippen molar-refractivity contribution in [3.63, 3.8) is 0 Å². The molecule has 0 spiro atoms. The first-order chi connectivity index (χ1) is 9.31. The van der Waals surface area contributed by atoms with Crippen LogP contribution in [0, 0.1) is 6.92 Å². The number of nitrogens with zero attached hydrogens (tertiary/aromatic N) is 1. The van der Waals surface area contributed by atoms with Crippen LogP contribution in [0.15, 0.2) is 18.2 Å². The molecule has 1 aliphatic rings. The molecule has 106 valence electrons. The summed E-state index contributed by atoms with van der Waals surface area (Å²) >= 11 is 0. The summed E-state index contributed by atoms with van der Waals surface area (Å²) < 4.78 is 5.52. The van der Waals surface area contributed by atoms with E-state index in [1.54, 1.807) is 0 Å². The van der Waals surface area contributed by atoms with E-state index in [2.05, 4.69) is 42.3 Å². The first-order valence-corrected chi connectivity index (χ1v) is 7.44. The number of anilines is 1. The maximum absolute atomic E-state index is 5.52. The van der Waals surface area contributed by atoms with Gasteiger partial charge in [0.25, 0.3) is 0 Å². The minimum absolute atomic E-state index is 0.846. The second-order valence-corrected chi connectivity index (χ2v) is 5.25. The second kappa shape index (κ2) is 7.51. The number of benzene rings is 1. The number of hydrogen-bond donors (Lipinski definition) is 1. The van der Waals surface area contributed by atoms with Crippen LogP contribution in [0.25, 0.3) is 0 Å². The number of ether oxygens (including phenoxy) is 1. The maximum atomic E-state index is 5.52. The summed E-state index contributed by atoms with van der Waals surface area (Å²) in [5.74, 6) is 0. The van der Waals surface area contributed by atoms with Crippen molar-refractivity contribution in [3.8, 4) is 0 Å². The fraction of sp³-hybridized carbons (Fsp3) is 0.625. The second-order valence-electron chi connectivity index (χ2n) is 5.25. The zero-order chi connectivity index (χ0) is 13.5. The van der Waals surface area contributed by atoms with E-state index in [1.165, 1.54) is 23.2 Å². The molecule has 1 aromatic rings. The normalized spacial score (nSPS) is 16.4. The van der Waals surface area contributed by atoms with Gasteiger partial charge in [0, 0.05) is 31.9 Å². The van der Waals surface area contributed by atoms with Gasteiger partial charge < -0.3 is 15.0 Å². The summed E-state index contributed by atoms with van der Waals surface area (Å²) in [5, 5.41) is 3.45. The Balaban J connectivity index is 2.01. The molecule has 0 atom stereocenters. The van der Waals surface area contributed by atoms with Crippen molar-refractivity contribution in [2.45, 2.75) is 33.2 Å². The first-order valence-electron chi connectivity index (χ1n) is 7.44. The van der Waals surface area contributed by atoms with Crippen molar-refractivity contribution >= 4 is 5.69 Å². The van der Waals surface area contributed by atoms with Gasteiger partial charge in [-0.15, -0.1) is 0 Å². The number of rotatable bonds is 5. The summed E-state index contributed by atoms with van der Waals surface area (Å²) in [4.78, 5) is 2.45. The van der Waals surface area contributed by atoms with Gasteiger partial charge in [-0.05, 0) is 43.5 Å². The van der Waals surface area contributed by atoms with Gasteiger partial charge >= 0.3 is 0 Å². The molecule has 0 saturated carbocycles. The van der Waals surface area contributed by atoms with E-state index in [-0.39, 0.29) is 0 Å². The third-order valence-electron chi connectivity index (χ3n) is 3.58. The van der Waals surface area contributed by atoms with E-state index in [0.717, 1.165) is 45.8 Å². The topological polar surface area (TPSA) is 24.5 Å². The van der Waals surface area contributed by atoms with Crippen molar-refractivity contribution in [1.29, 1.82) is 0 Å². The fourth-order valence-electron chi connectivity index (χ4n) is 2.58. The van der Waals surface area contributed by atoms with E-state index >= 15 is 0 Å². The maximum Gasteiger partial charge on any atom is 0.0641 e. The van der Waals surface area contributed by atoms with Gasteiger partial charge in [0.2, 0.25) is 0 Å². The molecule has 0 aromatic heterocycles. The summed E-state index contributed by atoms with van der Waals surface area (Å²) in [6.07, 6.45) is 2.31. The van der Waals surface area contributed by atoms with Crippen molar-refractivity contribution in [2.24, 2.45) is 0 Å². The van der Waals surface area contributed by atoms with Gasteiger partial charge in [-0.25, -0.2) is 0 Å². The Morgan fingerprint density at radius 3 is 2.95 bits per heavy atom. The first kappa shape index (κ1) is 14.4. The molecule has 0 unspecified atom stereocenters. The van der Waals surface area contributed by atoms with Crippen molar-refractivity contribution < 1.29 is 4.74 Å². The predicted octanol–water partition coefficient (Wildman–Crippen LogP) is 2.72. The fourth-order valence-corrected chi connectivity index (χ4v) is 2.58. The standard InChI is InChI=1S/C16H26N2O/c1-3-7-17-13-15-5-6-16(14(2)12-15)18-8-4-10-19-11-9-18/h5-6,12,17H,3-4,7-11,13H2,1-2H3. The Morgan fingerprint density at radius 2 is 2.16 bits per heavy atom. The smallest absolute Gasteiger partial charge is 0.0641 e. The summed E-state index contributed by atoms with van der Waals surface area (Å²) in [5.41, 5.74) is 4.11. The molecule has 1 saturated heterocycles. The SMILES string of the molecule is CCCNCc1ccc(N2CCCOCC2)c(C)c1. The van der Waals surface area contributed by atoms with E-state index in [4.69, 9.17) is 4.74 Å². The van der Waals surface area contributed by atoms with Crippen molar-refractivity contribution in [3.05, 3.63) is 29.3 Å². The lowest BCUT2D eigenvalue weighted by molar-refractivity contribution is 0.152.